The Morgan fingerprint density at radius 2 is 1.84 bits per heavy atom. The van der Waals surface area contributed by atoms with Crippen molar-refractivity contribution in [3.05, 3.63) is 66.5 Å². The Morgan fingerprint density at radius 3 is 2.56 bits per heavy atom. The quantitative estimate of drug-likeness (QED) is 0.500. The Bertz CT molecular complexity index is 987. The Labute approximate surface area is 193 Å². The molecule has 1 aromatic heterocycles. The van der Waals surface area contributed by atoms with Crippen LogP contribution in [0, 0.1) is 0 Å². The second-order valence-corrected chi connectivity index (χ2v) is 8.73. The lowest BCUT2D eigenvalue weighted by Crippen LogP contribution is -2.41. The predicted octanol–water partition coefficient (Wildman–Crippen LogP) is 3.71. The van der Waals surface area contributed by atoms with Crippen molar-refractivity contribution < 1.29 is 9.53 Å². The van der Waals surface area contributed by atoms with Crippen molar-refractivity contribution in [2.75, 3.05) is 32.5 Å². The van der Waals surface area contributed by atoms with E-state index < -0.39 is 0 Å². The number of piperidine rings is 1. The number of carbonyl (C=O) groups excluding carboxylic acids is 1. The van der Waals surface area contributed by atoms with E-state index in [2.05, 4.69) is 32.4 Å². The van der Waals surface area contributed by atoms with Crippen LogP contribution in [0.5, 0.6) is 5.75 Å². The maximum absolute atomic E-state index is 12.6. The average Bonchev–Trinajstić information content (AvgIpc) is 3.34. The van der Waals surface area contributed by atoms with Gasteiger partial charge in [0.25, 0.3) is 0 Å². The molecule has 0 radical (unpaired) electrons. The zero-order valence-corrected chi connectivity index (χ0v) is 19.1. The van der Waals surface area contributed by atoms with E-state index in [4.69, 9.17) is 4.74 Å². The highest BCUT2D eigenvalue weighted by Gasteiger charge is 2.23. The van der Waals surface area contributed by atoms with E-state index in [0.717, 1.165) is 24.5 Å². The fourth-order valence-electron chi connectivity index (χ4n) is 3.92. The maximum Gasteiger partial charge on any atom is 0.230 e. The second-order valence-electron chi connectivity index (χ2n) is 7.79. The molecular weight excluding hydrogens is 422 g/mol. The van der Waals surface area contributed by atoms with E-state index in [9.17, 15) is 4.79 Å². The molecule has 0 saturated carbocycles. The topological polar surface area (TPSA) is 72.3 Å². The summed E-state index contributed by atoms with van der Waals surface area (Å²) in [5, 5.41) is 8.16. The molecule has 8 heteroatoms. The van der Waals surface area contributed by atoms with E-state index in [1.165, 1.54) is 36.6 Å². The molecule has 1 fully saturated rings. The lowest BCUT2D eigenvalue weighted by atomic mass is 10.0. The summed E-state index contributed by atoms with van der Waals surface area (Å²) in [5.74, 6) is 1.12. The number of thioether (sulfide) groups is 1. The highest BCUT2D eigenvalue weighted by molar-refractivity contribution is 7.99. The summed E-state index contributed by atoms with van der Waals surface area (Å²) in [6, 6.07) is 18.1. The van der Waals surface area contributed by atoms with E-state index in [0.29, 0.717) is 11.7 Å². The first-order chi connectivity index (χ1) is 15.7. The van der Waals surface area contributed by atoms with Crippen LogP contribution in [0.4, 0.5) is 0 Å². The van der Waals surface area contributed by atoms with Gasteiger partial charge < -0.3 is 10.1 Å². The van der Waals surface area contributed by atoms with Crippen molar-refractivity contribution in [1.29, 1.82) is 0 Å². The summed E-state index contributed by atoms with van der Waals surface area (Å²) in [4.78, 5) is 19.4. The van der Waals surface area contributed by atoms with Crippen molar-refractivity contribution in [2.24, 2.45) is 0 Å². The van der Waals surface area contributed by atoms with Gasteiger partial charge in [-0.25, -0.2) is 9.67 Å². The minimum atomic E-state index is -0.0124. The number of carbonyl (C=O) groups is 1. The minimum absolute atomic E-state index is 0.0124. The third-order valence-electron chi connectivity index (χ3n) is 5.65. The molecule has 3 aromatic rings. The van der Waals surface area contributed by atoms with Crippen molar-refractivity contribution in [1.82, 2.24) is 25.0 Å². The number of para-hydroxylation sites is 1. The largest absolute Gasteiger partial charge is 0.497 e. The van der Waals surface area contributed by atoms with Crippen LogP contribution in [-0.4, -0.2) is 58.1 Å². The van der Waals surface area contributed by atoms with Crippen LogP contribution in [0.25, 0.3) is 5.69 Å². The van der Waals surface area contributed by atoms with Crippen LogP contribution >= 0.6 is 11.8 Å². The summed E-state index contributed by atoms with van der Waals surface area (Å²) in [6.45, 7) is 2.70. The molecule has 32 heavy (non-hydrogen) atoms. The molecule has 1 N–H and O–H groups in total. The Morgan fingerprint density at radius 1 is 1.09 bits per heavy atom. The van der Waals surface area contributed by atoms with E-state index in [1.807, 2.05) is 42.5 Å². The summed E-state index contributed by atoms with van der Waals surface area (Å²) in [5.41, 5.74) is 2.14. The number of ether oxygens (including phenoxy) is 1. The molecule has 0 aliphatic carbocycles. The van der Waals surface area contributed by atoms with Crippen molar-refractivity contribution >= 4 is 17.7 Å². The second kappa shape index (κ2) is 11.2. The Kier molecular flexibility index (Phi) is 7.79. The number of rotatable bonds is 9. The van der Waals surface area contributed by atoms with Crippen LogP contribution in [-0.2, 0) is 4.79 Å². The van der Waals surface area contributed by atoms with Gasteiger partial charge in [0.05, 0.1) is 24.6 Å². The van der Waals surface area contributed by atoms with Gasteiger partial charge in [-0.3, -0.25) is 9.69 Å². The Balaban J connectivity index is 1.33. The first-order valence-corrected chi connectivity index (χ1v) is 12.0. The van der Waals surface area contributed by atoms with Crippen molar-refractivity contribution in [3.8, 4) is 11.4 Å². The minimum Gasteiger partial charge on any atom is -0.497 e. The fraction of sp³-hybridized carbons (Fsp3) is 0.375. The average molecular weight is 452 g/mol. The lowest BCUT2D eigenvalue weighted by molar-refractivity contribution is -0.118. The molecule has 1 aliphatic heterocycles. The van der Waals surface area contributed by atoms with E-state index >= 15 is 0 Å². The number of likely N-dealkylation sites (tertiary alicyclic amines) is 1. The van der Waals surface area contributed by atoms with Crippen LogP contribution in [0.15, 0.2) is 66.1 Å². The van der Waals surface area contributed by atoms with Gasteiger partial charge in [0.15, 0.2) is 0 Å². The first kappa shape index (κ1) is 22.4. The van der Waals surface area contributed by atoms with Crippen molar-refractivity contribution in [2.45, 2.75) is 30.5 Å². The van der Waals surface area contributed by atoms with Crippen LogP contribution in [0.1, 0.15) is 30.9 Å². The summed E-state index contributed by atoms with van der Waals surface area (Å²) in [6.07, 6.45) is 5.35. The first-order valence-electron chi connectivity index (χ1n) is 11.0. The number of hydrogen-bond acceptors (Lipinski definition) is 6. The SMILES string of the molecule is COc1ccc([C@H](CNC(=O)CSc2ncn(-c3ccccc3)n2)N2CCCCC2)cc1. The predicted molar refractivity (Wildman–Crippen MR) is 126 cm³/mol. The summed E-state index contributed by atoms with van der Waals surface area (Å²) in [7, 11) is 1.67. The van der Waals surface area contributed by atoms with Crippen LogP contribution in [0.3, 0.4) is 0 Å². The molecule has 0 bridgehead atoms. The lowest BCUT2D eigenvalue weighted by Gasteiger charge is -2.35. The third kappa shape index (κ3) is 5.89. The van der Waals surface area contributed by atoms with Crippen LogP contribution in [0.2, 0.25) is 0 Å². The standard InChI is InChI=1S/C24H29N5O2S/c1-31-21-12-10-19(11-13-21)22(28-14-6-3-7-15-28)16-25-23(30)17-32-24-26-18-29(27-24)20-8-4-2-5-9-20/h2,4-5,8-13,18,22H,3,6-7,14-17H2,1H3,(H,25,30)/t22-/m0/s1. The van der Waals surface area contributed by atoms with E-state index in [-0.39, 0.29) is 17.7 Å². The highest BCUT2D eigenvalue weighted by atomic mass is 32.2. The number of hydrogen-bond donors (Lipinski definition) is 1. The van der Waals surface area contributed by atoms with Gasteiger partial charge in [0, 0.05) is 6.54 Å². The zero-order valence-electron chi connectivity index (χ0n) is 18.3. The molecule has 0 spiro atoms. The number of benzene rings is 2. The number of nitrogens with zero attached hydrogens (tertiary/aromatic N) is 4. The Hall–Kier alpha value is -2.84. The van der Waals surface area contributed by atoms with Gasteiger partial charge in [-0.05, 0) is 55.8 Å². The van der Waals surface area contributed by atoms with Gasteiger partial charge in [0.2, 0.25) is 11.1 Å². The van der Waals surface area contributed by atoms with Gasteiger partial charge in [0.1, 0.15) is 12.1 Å². The number of amides is 1. The molecule has 1 atom stereocenters. The van der Waals surface area contributed by atoms with Gasteiger partial charge in [-0.1, -0.05) is 48.5 Å². The van der Waals surface area contributed by atoms with Gasteiger partial charge >= 0.3 is 0 Å². The molecule has 0 unspecified atom stereocenters. The molecule has 2 aromatic carbocycles. The molecular formula is C24H29N5O2S. The molecule has 7 nitrogen and oxygen atoms in total. The summed E-state index contributed by atoms with van der Waals surface area (Å²) >= 11 is 1.35. The summed E-state index contributed by atoms with van der Waals surface area (Å²) < 4.78 is 7.02. The smallest absolute Gasteiger partial charge is 0.230 e. The highest BCUT2D eigenvalue weighted by Crippen LogP contribution is 2.26. The molecule has 1 saturated heterocycles. The fourth-order valence-corrected chi connectivity index (χ4v) is 4.55. The number of methoxy groups -OCH3 is 1. The molecule has 168 valence electrons. The zero-order chi connectivity index (χ0) is 22.2. The molecule has 1 aliphatic rings. The molecule has 2 heterocycles. The monoisotopic (exact) mass is 451 g/mol. The van der Waals surface area contributed by atoms with Crippen LogP contribution < -0.4 is 10.1 Å². The normalized spacial score (nSPS) is 15.3. The maximum atomic E-state index is 12.6. The van der Waals surface area contributed by atoms with E-state index in [1.54, 1.807) is 18.1 Å². The van der Waals surface area contributed by atoms with Crippen molar-refractivity contribution in [3.63, 3.8) is 0 Å². The number of nitrogens with one attached hydrogen (secondary N) is 1. The van der Waals surface area contributed by atoms with Gasteiger partial charge in [-0.15, -0.1) is 5.10 Å². The number of aromatic nitrogens is 3. The molecule has 1 amide bonds. The third-order valence-corrected chi connectivity index (χ3v) is 6.50. The molecule has 4 rings (SSSR count). The van der Waals surface area contributed by atoms with Gasteiger partial charge in [-0.2, -0.15) is 0 Å².